The summed E-state index contributed by atoms with van der Waals surface area (Å²) in [6.45, 7) is 0. The minimum atomic E-state index is -0.345. The van der Waals surface area contributed by atoms with Crippen LogP contribution in [0.25, 0.3) is 5.69 Å². The van der Waals surface area contributed by atoms with Gasteiger partial charge in [-0.2, -0.15) is 5.10 Å². The van der Waals surface area contributed by atoms with Gasteiger partial charge in [-0.15, -0.1) is 0 Å². The molecule has 1 amide bonds. The highest BCUT2D eigenvalue weighted by Crippen LogP contribution is 2.17. The number of halogens is 1. The lowest BCUT2D eigenvalue weighted by Gasteiger charge is -2.06. The van der Waals surface area contributed by atoms with Crippen LogP contribution in [0.2, 0.25) is 0 Å². The average Bonchev–Trinajstić information content (AvgIpc) is 3.04. The second-order valence-electron chi connectivity index (χ2n) is 4.70. The molecule has 2 heterocycles. The van der Waals surface area contributed by atoms with Gasteiger partial charge in [-0.25, -0.2) is 5.43 Å². The van der Waals surface area contributed by atoms with Crippen molar-refractivity contribution in [3.63, 3.8) is 0 Å². The third-order valence-electron chi connectivity index (χ3n) is 3.13. The van der Waals surface area contributed by atoms with Gasteiger partial charge in [0.2, 0.25) is 0 Å². The summed E-state index contributed by atoms with van der Waals surface area (Å²) in [5.74, 6) is -0.345. The fourth-order valence-corrected chi connectivity index (χ4v) is 2.46. The largest absolute Gasteiger partial charge is 0.316 e. The number of hydrazone groups is 1. The molecule has 1 aromatic carbocycles. The van der Waals surface area contributed by atoms with Crippen molar-refractivity contribution < 1.29 is 4.79 Å². The molecule has 0 spiro atoms. The first-order valence-electron chi connectivity index (χ1n) is 6.92. The van der Waals surface area contributed by atoms with Crippen molar-refractivity contribution in [2.24, 2.45) is 5.10 Å². The zero-order chi connectivity index (χ0) is 16.1. The lowest BCUT2D eigenvalue weighted by molar-refractivity contribution is 0.0950. The second kappa shape index (κ2) is 7.02. The SMILES string of the molecule is O=C(N/N=C\c1cccn1-c1cccc(Br)c1)c1ccccn1. The minimum absolute atomic E-state index is 0.326. The Bertz CT molecular complexity index is 843. The first kappa shape index (κ1) is 15.2. The number of aromatic nitrogens is 2. The molecule has 2 aromatic heterocycles. The van der Waals surface area contributed by atoms with E-state index in [4.69, 9.17) is 0 Å². The smallest absolute Gasteiger partial charge is 0.289 e. The molecule has 114 valence electrons. The van der Waals surface area contributed by atoms with Crippen molar-refractivity contribution >= 4 is 28.1 Å². The van der Waals surface area contributed by atoms with Crippen molar-refractivity contribution in [3.05, 3.63) is 82.9 Å². The Morgan fingerprint density at radius 2 is 2.09 bits per heavy atom. The zero-order valence-corrected chi connectivity index (χ0v) is 13.6. The number of carbonyl (C=O) groups excluding carboxylic acids is 1. The van der Waals surface area contributed by atoms with Crippen LogP contribution in [-0.2, 0) is 0 Å². The Balaban J connectivity index is 1.74. The fourth-order valence-electron chi connectivity index (χ4n) is 2.07. The van der Waals surface area contributed by atoms with Crippen LogP contribution in [0.15, 0.2) is 76.6 Å². The molecular weight excluding hydrogens is 356 g/mol. The Kier molecular flexibility index (Phi) is 4.63. The standard InChI is InChI=1S/C17H13BrN4O/c18-13-5-3-6-14(11-13)22-10-4-7-15(22)12-20-21-17(23)16-8-1-2-9-19-16/h1-12H,(H,21,23)/b20-12-. The molecule has 0 fully saturated rings. The molecule has 0 bridgehead atoms. The molecule has 1 N–H and O–H groups in total. The molecule has 3 rings (SSSR count). The van der Waals surface area contributed by atoms with Gasteiger partial charge in [0.25, 0.3) is 5.91 Å². The molecule has 23 heavy (non-hydrogen) atoms. The predicted octanol–water partition coefficient (Wildman–Crippen LogP) is 3.40. The molecule has 0 radical (unpaired) electrons. The van der Waals surface area contributed by atoms with Crippen LogP contribution in [0.1, 0.15) is 16.2 Å². The van der Waals surface area contributed by atoms with Gasteiger partial charge in [-0.1, -0.05) is 28.1 Å². The maximum atomic E-state index is 11.9. The normalized spacial score (nSPS) is 10.8. The van der Waals surface area contributed by atoms with Crippen LogP contribution in [0.3, 0.4) is 0 Å². The van der Waals surface area contributed by atoms with Crippen molar-refractivity contribution in [1.82, 2.24) is 15.0 Å². The van der Waals surface area contributed by atoms with Crippen molar-refractivity contribution in [1.29, 1.82) is 0 Å². The first-order chi connectivity index (χ1) is 11.2. The highest BCUT2D eigenvalue weighted by molar-refractivity contribution is 9.10. The van der Waals surface area contributed by atoms with Crippen LogP contribution >= 0.6 is 15.9 Å². The Hall–Kier alpha value is -2.73. The Labute approximate surface area is 141 Å². The van der Waals surface area contributed by atoms with Gasteiger partial charge in [-0.3, -0.25) is 9.78 Å². The molecule has 0 aliphatic heterocycles. The van der Waals surface area contributed by atoms with E-state index in [0.717, 1.165) is 15.9 Å². The lowest BCUT2D eigenvalue weighted by atomic mass is 10.3. The van der Waals surface area contributed by atoms with Gasteiger partial charge in [0.15, 0.2) is 0 Å². The summed E-state index contributed by atoms with van der Waals surface area (Å²) in [5.41, 5.74) is 4.65. The van der Waals surface area contributed by atoms with Crippen molar-refractivity contribution in [2.45, 2.75) is 0 Å². The van der Waals surface area contributed by atoms with E-state index in [1.54, 1.807) is 30.6 Å². The van der Waals surface area contributed by atoms with E-state index in [1.165, 1.54) is 0 Å². The number of nitrogens with one attached hydrogen (secondary N) is 1. The van der Waals surface area contributed by atoms with Crippen LogP contribution < -0.4 is 5.43 Å². The monoisotopic (exact) mass is 368 g/mol. The number of amides is 1. The molecule has 0 aliphatic carbocycles. The summed E-state index contributed by atoms with van der Waals surface area (Å²) < 4.78 is 2.97. The molecule has 0 saturated carbocycles. The number of carbonyl (C=O) groups is 1. The van der Waals surface area contributed by atoms with Crippen molar-refractivity contribution in [3.8, 4) is 5.69 Å². The third-order valence-corrected chi connectivity index (χ3v) is 3.62. The average molecular weight is 369 g/mol. The summed E-state index contributed by atoms with van der Waals surface area (Å²) in [6, 6.07) is 16.9. The molecule has 0 atom stereocenters. The molecule has 0 saturated heterocycles. The zero-order valence-electron chi connectivity index (χ0n) is 12.1. The van der Waals surface area contributed by atoms with Gasteiger partial charge in [0.05, 0.1) is 11.9 Å². The number of rotatable bonds is 4. The first-order valence-corrected chi connectivity index (χ1v) is 7.71. The van der Waals surface area contributed by atoms with Gasteiger partial charge in [-0.05, 0) is 42.5 Å². The van der Waals surface area contributed by atoms with Crippen LogP contribution in [0, 0.1) is 0 Å². The topological polar surface area (TPSA) is 59.3 Å². The Morgan fingerprint density at radius 3 is 2.87 bits per heavy atom. The molecule has 3 aromatic rings. The van der Waals surface area contributed by atoms with E-state index in [-0.39, 0.29) is 5.91 Å². The second-order valence-corrected chi connectivity index (χ2v) is 5.61. The predicted molar refractivity (Wildman–Crippen MR) is 92.8 cm³/mol. The van der Waals surface area contributed by atoms with Gasteiger partial charge >= 0.3 is 0 Å². The number of hydrogen-bond acceptors (Lipinski definition) is 3. The van der Waals surface area contributed by atoms with Gasteiger partial charge in [0.1, 0.15) is 5.69 Å². The van der Waals surface area contributed by atoms with E-state index in [9.17, 15) is 4.79 Å². The van der Waals surface area contributed by atoms with E-state index < -0.39 is 0 Å². The van der Waals surface area contributed by atoms with Gasteiger partial charge < -0.3 is 4.57 Å². The van der Waals surface area contributed by atoms with Gasteiger partial charge in [0, 0.05) is 22.6 Å². The lowest BCUT2D eigenvalue weighted by Crippen LogP contribution is -2.18. The molecule has 6 heteroatoms. The number of hydrogen-bond donors (Lipinski definition) is 1. The van der Waals surface area contributed by atoms with Crippen LogP contribution in [-0.4, -0.2) is 21.7 Å². The highest BCUT2D eigenvalue weighted by Gasteiger charge is 2.05. The number of nitrogens with zero attached hydrogens (tertiary/aromatic N) is 3. The molecule has 0 unspecified atom stereocenters. The van der Waals surface area contributed by atoms with Crippen LogP contribution in [0.4, 0.5) is 0 Å². The summed E-state index contributed by atoms with van der Waals surface area (Å²) >= 11 is 3.46. The highest BCUT2D eigenvalue weighted by atomic mass is 79.9. The minimum Gasteiger partial charge on any atom is -0.316 e. The summed E-state index contributed by atoms with van der Waals surface area (Å²) in [4.78, 5) is 15.8. The molecule has 0 aliphatic rings. The maximum Gasteiger partial charge on any atom is 0.289 e. The fraction of sp³-hybridized carbons (Fsp3) is 0. The summed E-state index contributed by atoms with van der Waals surface area (Å²) in [5, 5.41) is 4.00. The molecular formula is C17H13BrN4O. The van der Waals surface area contributed by atoms with E-state index in [2.05, 4.69) is 31.4 Å². The summed E-state index contributed by atoms with van der Waals surface area (Å²) in [6.07, 6.45) is 5.10. The molecule has 5 nitrogen and oxygen atoms in total. The van der Waals surface area contributed by atoms with E-state index >= 15 is 0 Å². The summed E-state index contributed by atoms with van der Waals surface area (Å²) in [7, 11) is 0. The quantitative estimate of drug-likeness (QED) is 0.566. The third kappa shape index (κ3) is 3.73. The number of benzene rings is 1. The van der Waals surface area contributed by atoms with Crippen LogP contribution in [0.5, 0.6) is 0 Å². The Morgan fingerprint density at radius 1 is 1.17 bits per heavy atom. The van der Waals surface area contributed by atoms with E-state index in [1.807, 2.05) is 47.2 Å². The van der Waals surface area contributed by atoms with Crippen molar-refractivity contribution in [2.75, 3.05) is 0 Å². The van der Waals surface area contributed by atoms with E-state index in [0.29, 0.717) is 5.69 Å². The number of pyridine rings is 1. The maximum absolute atomic E-state index is 11.9.